The molecule has 1 atom stereocenters. The lowest BCUT2D eigenvalue weighted by molar-refractivity contribution is 0.0136. The van der Waals surface area contributed by atoms with Crippen LogP contribution in [0.1, 0.15) is 6.92 Å². The minimum Gasteiger partial charge on any atom is -0.435 e. The Labute approximate surface area is 70.1 Å². The molecule has 0 aliphatic rings. The van der Waals surface area contributed by atoms with Gasteiger partial charge in [-0.2, -0.15) is 0 Å². The smallest absolute Gasteiger partial charge is 0.435 e. The van der Waals surface area contributed by atoms with E-state index in [4.69, 9.17) is 16.7 Å². The van der Waals surface area contributed by atoms with E-state index in [9.17, 15) is 4.79 Å². The van der Waals surface area contributed by atoms with Crippen molar-refractivity contribution in [1.29, 1.82) is 0 Å². The van der Waals surface area contributed by atoms with Crippen LogP contribution in [0.25, 0.3) is 0 Å². The van der Waals surface area contributed by atoms with Crippen molar-refractivity contribution in [2.24, 2.45) is 0 Å². The Bertz CT molecular complexity index is 113. The van der Waals surface area contributed by atoms with Crippen LogP contribution in [-0.4, -0.2) is 36.5 Å². The molecule has 0 spiro atoms. The average molecular weight is 183 g/mol. The molecule has 0 aromatic carbocycles. The highest BCUT2D eigenvalue weighted by atomic mass is 35.5. The summed E-state index contributed by atoms with van der Waals surface area (Å²) in [4.78, 5) is 10.6. The molecule has 0 saturated carbocycles. The summed E-state index contributed by atoms with van der Waals surface area (Å²) >= 11 is 5.32. The van der Waals surface area contributed by atoms with Crippen LogP contribution in [0.15, 0.2) is 0 Å². The normalized spacial score (nSPS) is 12.3. The fourth-order valence-corrected chi connectivity index (χ4v) is 0.566. The minimum atomic E-state index is -0.799. The van der Waals surface area contributed by atoms with Gasteiger partial charge in [0.2, 0.25) is 0 Å². The predicted molar refractivity (Wildman–Crippen MR) is 39.7 cm³/mol. The topological polar surface area (TPSA) is 55.8 Å². The molecule has 0 aliphatic heterocycles. The lowest BCUT2D eigenvalue weighted by atomic mass is 10.4. The summed E-state index contributed by atoms with van der Waals surface area (Å²) in [6.45, 7) is 1.62. The lowest BCUT2D eigenvalue weighted by Gasteiger charge is -2.10. The third kappa shape index (κ3) is 4.86. The van der Waals surface area contributed by atoms with Crippen LogP contribution in [0, 0.1) is 0 Å². The van der Waals surface area contributed by atoms with Crippen LogP contribution in [0.2, 0.25) is 0 Å². The van der Waals surface area contributed by atoms with Crippen LogP contribution >= 0.6 is 11.6 Å². The SMILES string of the molecule is CCOC(=O)OC(CO)CCl. The van der Waals surface area contributed by atoms with E-state index < -0.39 is 12.3 Å². The number of halogens is 1. The van der Waals surface area contributed by atoms with E-state index in [0.717, 1.165) is 0 Å². The molecule has 11 heavy (non-hydrogen) atoms. The van der Waals surface area contributed by atoms with Gasteiger partial charge in [0, 0.05) is 0 Å². The van der Waals surface area contributed by atoms with E-state index in [0.29, 0.717) is 0 Å². The highest BCUT2D eigenvalue weighted by Gasteiger charge is 2.12. The Morgan fingerprint density at radius 3 is 2.73 bits per heavy atom. The van der Waals surface area contributed by atoms with Gasteiger partial charge in [0.15, 0.2) is 0 Å². The summed E-state index contributed by atoms with van der Waals surface area (Å²) in [6, 6.07) is 0. The molecular weight excluding hydrogens is 172 g/mol. The largest absolute Gasteiger partial charge is 0.508 e. The first-order valence-electron chi connectivity index (χ1n) is 3.24. The van der Waals surface area contributed by atoms with Crippen LogP contribution in [0.3, 0.4) is 0 Å². The third-order valence-corrected chi connectivity index (χ3v) is 1.25. The molecule has 1 unspecified atom stereocenters. The molecule has 66 valence electrons. The van der Waals surface area contributed by atoms with Gasteiger partial charge in [0.25, 0.3) is 0 Å². The summed E-state index contributed by atoms with van der Waals surface area (Å²) in [5.74, 6) is 0.0648. The molecular formula is C6H11ClO4. The maximum atomic E-state index is 10.6. The van der Waals surface area contributed by atoms with Gasteiger partial charge in [0.1, 0.15) is 6.10 Å². The van der Waals surface area contributed by atoms with E-state index in [1.54, 1.807) is 6.92 Å². The van der Waals surface area contributed by atoms with Gasteiger partial charge in [0.05, 0.1) is 19.1 Å². The quantitative estimate of drug-likeness (QED) is 0.515. The molecule has 0 radical (unpaired) electrons. The molecule has 4 nitrogen and oxygen atoms in total. The average Bonchev–Trinajstić information content (AvgIpc) is 2.01. The maximum Gasteiger partial charge on any atom is 0.508 e. The number of aliphatic hydroxyl groups is 1. The number of carbonyl (C=O) groups excluding carboxylic acids is 1. The van der Waals surface area contributed by atoms with Crippen LogP contribution in [0.4, 0.5) is 4.79 Å². The number of alkyl halides is 1. The first kappa shape index (κ1) is 10.5. The number of ether oxygens (including phenoxy) is 2. The van der Waals surface area contributed by atoms with Crippen LogP contribution in [0.5, 0.6) is 0 Å². The molecule has 0 heterocycles. The molecule has 0 aromatic heterocycles. The maximum absolute atomic E-state index is 10.6. The van der Waals surface area contributed by atoms with Gasteiger partial charge in [-0.3, -0.25) is 0 Å². The van der Waals surface area contributed by atoms with Crippen molar-refractivity contribution in [3.8, 4) is 0 Å². The number of hydrogen-bond donors (Lipinski definition) is 1. The van der Waals surface area contributed by atoms with Gasteiger partial charge >= 0.3 is 6.16 Å². The molecule has 1 N–H and O–H groups in total. The Morgan fingerprint density at radius 1 is 1.73 bits per heavy atom. The van der Waals surface area contributed by atoms with E-state index in [1.807, 2.05) is 0 Å². The van der Waals surface area contributed by atoms with Crippen molar-refractivity contribution in [1.82, 2.24) is 0 Å². The van der Waals surface area contributed by atoms with Crippen molar-refractivity contribution in [2.45, 2.75) is 13.0 Å². The first-order valence-corrected chi connectivity index (χ1v) is 3.78. The molecule has 0 aliphatic carbocycles. The summed E-state index contributed by atoms with van der Waals surface area (Å²) in [5, 5.41) is 8.53. The summed E-state index contributed by atoms with van der Waals surface area (Å²) in [5.41, 5.74) is 0. The molecule has 0 amide bonds. The van der Waals surface area contributed by atoms with E-state index in [1.165, 1.54) is 0 Å². The second kappa shape index (κ2) is 6.24. The Kier molecular flexibility index (Phi) is 5.97. The van der Waals surface area contributed by atoms with Gasteiger partial charge < -0.3 is 14.6 Å². The molecule has 0 fully saturated rings. The van der Waals surface area contributed by atoms with Gasteiger partial charge in [-0.25, -0.2) is 4.79 Å². The molecule has 0 rings (SSSR count). The number of aliphatic hydroxyl groups excluding tert-OH is 1. The van der Waals surface area contributed by atoms with Gasteiger partial charge in [-0.1, -0.05) is 0 Å². The molecule has 0 aromatic rings. The summed E-state index contributed by atoms with van der Waals surface area (Å²) in [7, 11) is 0. The second-order valence-corrected chi connectivity index (χ2v) is 2.07. The molecule has 5 heteroatoms. The Hall–Kier alpha value is -0.480. The lowest BCUT2D eigenvalue weighted by Crippen LogP contribution is -2.23. The van der Waals surface area contributed by atoms with Gasteiger partial charge in [-0.05, 0) is 6.92 Å². The van der Waals surface area contributed by atoms with E-state index >= 15 is 0 Å². The Morgan fingerprint density at radius 2 is 2.36 bits per heavy atom. The van der Waals surface area contributed by atoms with Crippen molar-refractivity contribution >= 4 is 17.8 Å². The first-order chi connectivity index (χ1) is 5.24. The standard InChI is InChI=1S/C6H11ClO4/c1-2-10-6(9)11-5(3-7)4-8/h5,8H,2-4H2,1H3. The fourth-order valence-electron chi connectivity index (χ4n) is 0.406. The highest BCUT2D eigenvalue weighted by molar-refractivity contribution is 6.18. The van der Waals surface area contributed by atoms with Crippen LogP contribution in [-0.2, 0) is 9.47 Å². The third-order valence-electron chi connectivity index (χ3n) is 0.901. The van der Waals surface area contributed by atoms with Crippen molar-refractivity contribution in [3.05, 3.63) is 0 Å². The number of rotatable bonds is 4. The predicted octanol–water partition coefficient (Wildman–Crippen LogP) is 0.759. The zero-order valence-corrected chi connectivity index (χ0v) is 7.00. The van der Waals surface area contributed by atoms with Crippen molar-refractivity contribution < 1.29 is 19.4 Å². The minimum absolute atomic E-state index is 0.0648. The monoisotopic (exact) mass is 182 g/mol. The van der Waals surface area contributed by atoms with Gasteiger partial charge in [-0.15, -0.1) is 11.6 Å². The van der Waals surface area contributed by atoms with E-state index in [-0.39, 0.29) is 19.1 Å². The highest BCUT2D eigenvalue weighted by Crippen LogP contribution is 1.96. The van der Waals surface area contributed by atoms with Crippen molar-refractivity contribution in [3.63, 3.8) is 0 Å². The fraction of sp³-hybridized carbons (Fsp3) is 0.833. The summed E-state index contributed by atoms with van der Waals surface area (Å²) in [6.07, 6.45) is -1.47. The Balaban J connectivity index is 3.54. The van der Waals surface area contributed by atoms with Crippen molar-refractivity contribution in [2.75, 3.05) is 19.1 Å². The molecule has 0 saturated heterocycles. The van der Waals surface area contributed by atoms with E-state index in [2.05, 4.69) is 9.47 Å². The zero-order valence-electron chi connectivity index (χ0n) is 6.25. The zero-order chi connectivity index (χ0) is 8.69. The summed E-state index contributed by atoms with van der Waals surface area (Å²) < 4.78 is 8.99. The van der Waals surface area contributed by atoms with Crippen LogP contribution < -0.4 is 0 Å². The number of carbonyl (C=O) groups is 1. The number of hydrogen-bond acceptors (Lipinski definition) is 4. The molecule has 0 bridgehead atoms. The second-order valence-electron chi connectivity index (χ2n) is 1.76.